The van der Waals surface area contributed by atoms with Gasteiger partial charge in [-0.3, -0.25) is 5.32 Å². The first kappa shape index (κ1) is 14.2. The maximum absolute atomic E-state index is 9.44. The van der Waals surface area contributed by atoms with Crippen LogP contribution in [0.4, 0.5) is 0 Å². The summed E-state index contributed by atoms with van der Waals surface area (Å²) in [6.45, 7) is 7.59. The second-order valence-electron chi connectivity index (χ2n) is 5.20. The summed E-state index contributed by atoms with van der Waals surface area (Å²) >= 11 is 0. The lowest BCUT2D eigenvalue weighted by molar-refractivity contribution is 0.211. The minimum absolute atomic E-state index is 0.154. The Morgan fingerprint density at radius 2 is 2.06 bits per heavy atom. The average molecular weight is 242 g/mol. The average Bonchev–Trinajstić information content (AvgIpc) is 2.37. The number of hydrogen-bond donors (Lipinski definition) is 1. The molecule has 1 rings (SSSR count). The van der Waals surface area contributed by atoms with E-state index in [0.717, 1.165) is 12.0 Å². The van der Waals surface area contributed by atoms with Crippen LogP contribution in [0.25, 0.3) is 0 Å². The fourth-order valence-electron chi connectivity index (χ4n) is 2.60. The van der Waals surface area contributed by atoms with E-state index >= 15 is 0 Å². The summed E-state index contributed by atoms with van der Waals surface area (Å²) in [7, 11) is 0. The zero-order valence-corrected chi connectivity index (χ0v) is 10.9. The van der Waals surface area contributed by atoms with Crippen LogP contribution in [0.2, 0.25) is 0 Å². The predicted molar refractivity (Wildman–Crippen MR) is 67.8 cm³/mol. The minimum atomic E-state index is -0.780. The van der Waals surface area contributed by atoms with Crippen molar-refractivity contribution in [2.75, 3.05) is 0 Å². The summed E-state index contributed by atoms with van der Waals surface area (Å²) in [5.74, 6) is 0.0138. The highest BCUT2D eigenvalue weighted by atomic mass is 15.0. The highest BCUT2D eigenvalue weighted by Crippen LogP contribution is 2.39. The van der Waals surface area contributed by atoms with E-state index < -0.39 is 11.6 Å². The monoisotopic (exact) mass is 242 g/mol. The van der Waals surface area contributed by atoms with E-state index in [9.17, 15) is 5.26 Å². The Kier molecular flexibility index (Phi) is 4.49. The SMILES string of the molecule is C=C(C)[C@@H]1C[C@@H](C#N)C[C@](C#N)(NC(C)C#N)C1. The smallest absolute Gasteiger partial charge is 0.109 e. The van der Waals surface area contributed by atoms with Crippen molar-refractivity contribution >= 4 is 0 Å². The first-order chi connectivity index (χ1) is 8.46. The normalized spacial score (nSPS) is 32.6. The molecule has 1 N–H and O–H groups in total. The van der Waals surface area contributed by atoms with Gasteiger partial charge in [0.15, 0.2) is 0 Å². The summed E-state index contributed by atoms with van der Waals surface area (Å²) in [6.07, 6.45) is 1.87. The van der Waals surface area contributed by atoms with Crippen molar-refractivity contribution in [3.05, 3.63) is 12.2 Å². The number of nitrogens with zero attached hydrogens (tertiary/aromatic N) is 3. The molecule has 18 heavy (non-hydrogen) atoms. The number of nitriles is 3. The van der Waals surface area contributed by atoms with E-state index in [4.69, 9.17) is 10.5 Å². The van der Waals surface area contributed by atoms with Gasteiger partial charge in [0.2, 0.25) is 0 Å². The van der Waals surface area contributed by atoms with Crippen LogP contribution < -0.4 is 5.32 Å². The van der Waals surface area contributed by atoms with Crippen LogP contribution in [0.3, 0.4) is 0 Å². The van der Waals surface area contributed by atoms with Gasteiger partial charge in [-0.05, 0) is 39.0 Å². The highest BCUT2D eigenvalue weighted by Gasteiger charge is 2.42. The van der Waals surface area contributed by atoms with Crippen LogP contribution in [0.5, 0.6) is 0 Å². The van der Waals surface area contributed by atoms with Gasteiger partial charge in [-0.1, -0.05) is 12.2 Å². The van der Waals surface area contributed by atoms with Crippen molar-refractivity contribution in [1.29, 1.82) is 15.8 Å². The lowest BCUT2D eigenvalue weighted by atomic mass is 9.69. The molecule has 0 aliphatic heterocycles. The Hall–Kier alpha value is -1.83. The molecule has 4 heteroatoms. The first-order valence-corrected chi connectivity index (χ1v) is 6.10. The molecule has 0 aromatic heterocycles. The second kappa shape index (κ2) is 5.67. The van der Waals surface area contributed by atoms with Gasteiger partial charge in [-0.2, -0.15) is 15.8 Å². The summed E-state index contributed by atoms with van der Waals surface area (Å²) in [5.41, 5.74) is 0.221. The van der Waals surface area contributed by atoms with Gasteiger partial charge < -0.3 is 0 Å². The van der Waals surface area contributed by atoms with Gasteiger partial charge in [0.25, 0.3) is 0 Å². The number of rotatable bonds is 3. The largest absolute Gasteiger partial charge is 0.284 e. The zero-order chi connectivity index (χ0) is 13.8. The number of nitrogens with one attached hydrogen (secondary N) is 1. The van der Waals surface area contributed by atoms with E-state index in [0.29, 0.717) is 12.8 Å². The molecule has 0 bridgehead atoms. The fraction of sp³-hybridized carbons (Fsp3) is 0.643. The fourth-order valence-corrected chi connectivity index (χ4v) is 2.60. The molecule has 4 atom stereocenters. The molecule has 0 saturated heterocycles. The third kappa shape index (κ3) is 3.10. The summed E-state index contributed by atoms with van der Waals surface area (Å²) in [5, 5.41) is 30.5. The van der Waals surface area contributed by atoms with Crippen LogP contribution in [0.15, 0.2) is 12.2 Å². The Bertz CT molecular complexity index is 444. The third-order valence-corrected chi connectivity index (χ3v) is 3.54. The van der Waals surface area contributed by atoms with E-state index in [1.807, 2.05) is 6.92 Å². The van der Waals surface area contributed by atoms with Gasteiger partial charge in [0, 0.05) is 5.92 Å². The molecule has 0 spiro atoms. The minimum Gasteiger partial charge on any atom is -0.284 e. The van der Waals surface area contributed by atoms with Crippen molar-refractivity contribution in [2.45, 2.75) is 44.7 Å². The van der Waals surface area contributed by atoms with Crippen molar-refractivity contribution in [2.24, 2.45) is 11.8 Å². The number of allylic oxidation sites excluding steroid dienone is 1. The molecule has 1 saturated carbocycles. The summed E-state index contributed by atoms with van der Waals surface area (Å²) < 4.78 is 0. The molecule has 1 aliphatic rings. The van der Waals surface area contributed by atoms with Crippen molar-refractivity contribution < 1.29 is 0 Å². The van der Waals surface area contributed by atoms with E-state index in [2.05, 4.69) is 30.1 Å². The highest BCUT2D eigenvalue weighted by molar-refractivity contribution is 5.19. The Labute approximate surface area is 109 Å². The Balaban J connectivity index is 2.97. The maximum Gasteiger partial charge on any atom is 0.109 e. The lowest BCUT2D eigenvalue weighted by Gasteiger charge is -2.39. The Morgan fingerprint density at radius 3 is 2.50 bits per heavy atom. The topological polar surface area (TPSA) is 83.4 Å². The van der Waals surface area contributed by atoms with Gasteiger partial charge in [0.1, 0.15) is 5.54 Å². The molecule has 0 aromatic rings. The third-order valence-electron chi connectivity index (χ3n) is 3.54. The van der Waals surface area contributed by atoms with Gasteiger partial charge >= 0.3 is 0 Å². The lowest BCUT2D eigenvalue weighted by Crippen LogP contribution is -2.52. The number of hydrogen-bond acceptors (Lipinski definition) is 4. The molecule has 0 aromatic carbocycles. The van der Waals surface area contributed by atoms with Crippen molar-refractivity contribution in [3.63, 3.8) is 0 Å². The molecular weight excluding hydrogens is 224 g/mol. The summed E-state index contributed by atoms with van der Waals surface area (Å²) in [6, 6.07) is 6.22. The second-order valence-corrected chi connectivity index (χ2v) is 5.20. The molecular formula is C14H18N4. The van der Waals surface area contributed by atoms with Gasteiger partial charge in [0.05, 0.1) is 24.2 Å². The maximum atomic E-state index is 9.44. The molecule has 1 unspecified atom stereocenters. The van der Waals surface area contributed by atoms with Crippen LogP contribution in [0, 0.1) is 45.8 Å². The standard InChI is InChI=1S/C14H18N4/c1-10(2)13-4-12(8-16)5-14(6-13,9-17)18-11(3)7-15/h11-13,18H,1,4-6H2,2-3H3/t11?,12-,13-,14+/m1/s1. The van der Waals surface area contributed by atoms with Crippen molar-refractivity contribution in [1.82, 2.24) is 5.32 Å². The van der Waals surface area contributed by atoms with Crippen LogP contribution in [0.1, 0.15) is 33.1 Å². The van der Waals surface area contributed by atoms with Crippen LogP contribution in [-0.2, 0) is 0 Å². The molecule has 0 radical (unpaired) electrons. The van der Waals surface area contributed by atoms with E-state index in [1.165, 1.54) is 0 Å². The molecule has 4 nitrogen and oxygen atoms in total. The quantitative estimate of drug-likeness (QED) is 0.769. The van der Waals surface area contributed by atoms with Gasteiger partial charge in [-0.15, -0.1) is 0 Å². The predicted octanol–water partition coefficient (Wildman–Crippen LogP) is 2.27. The van der Waals surface area contributed by atoms with E-state index in [-0.39, 0.29) is 11.8 Å². The summed E-state index contributed by atoms with van der Waals surface area (Å²) in [4.78, 5) is 0. The van der Waals surface area contributed by atoms with E-state index in [1.54, 1.807) is 6.92 Å². The molecule has 0 amide bonds. The van der Waals surface area contributed by atoms with Crippen molar-refractivity contribution in [3.8, 4) is 18.2 Å². The van der Waals surface area contributed by atoms with Crippen LogP contribution >= 0.6 is 0 Å². The van der Waals surface area contributed by atoms with Crippen LogP contribution in [-0.4, -0.2) is 11.6 Å². The zero-order valence-electron chi connectivity index (χ0n) is 10.9. The van der Waals surface area contributed by atoms with Gasteiger partial charge in [-0.25, -0.2) is 0 Å². The Morgan fingerprint density at radius 1 is 1.39 bits per heavy atom. The molecule has 94 valence electrons. The molecule has 1 fully saturated rings. The first-order valence-electron chi connectivity index (χ1n) is 6.10. The molecule has 0 heterocycles. The molecule has 1 aliphatic carbocycles.